The van der Waals surface area contributed by atoms with Crippen LogP contribution < -0.4 is 5.32 Å². The van der Waals surface area contributed by atoms with Crippen LogP contribution in [0.2, 0.25) is 0 Å². The van der Waals surface area contributed by atoms with Crippen LogP contribution in [0, 0.1) is 3.83 Å². The molecule has 1 amide bonds. The summed E-state index contributed by atoms with van der Waals surface area (Å²) < 4.78 is 2.96. The van der Waals surface area contributed by atoms with Crippen molar-refractivity contribution in [3.8, 4) is 0 Å². The van der Waals surface area contributed by atoms with Crippen molar-refractivity contribution in [3.05, 3.63) is 38.9 Å². The minimum atomic E-state index is -0.141. The standard InChI is InChI=1S/C10H8BrIN4O/c11-7-3-1-2-4-8(7)14-9(17)5-16-6-13-10(12)15-16/h1-4,6H,5H2,(H,14,17). The molecule has 0 aliphatic carbocycles. The number of nitrogens with zero attached hydrogens (tertiary/aromatic N) is 3. The number of para-hydroxylation sites is 1. The van der Waals surface area contributed by atoms with Gasteiger partial charge in [0, 0.05) is 27.1 Å². The highest BCUT2D eigenvalue weighted by molar-refractivity contribution is 14.1. The van der Waals surface area contributed by atoms with Gasteiger partial charge in [-0.05, 0) is 28.1 Å². The van der Waals surface area contributed by atoms with Gasteiger partial charge < -0.3 is 5.32 Å². The van der Waals surface area contributed by atoms with Crippen LogP contribution in [0.15, 0.2) is 35.1 Å². The number of nitrogens with one attached hydrogen (secondary N) is 1. The van der Waals surface area contributed by atoms with Crippen molar-refractivity contribution in [1.29, 1.82) is 0 Å². The van der Waals surface area contributed by atoms with Crippen molar-refractivity contribution < 1.29 is 4.79 Å². The van der Waals surface area contributed by atoms with E-state index in [9.17, 15) is 4.79 Å². The van der Waals surface area contributed by atoms with Gasteiger partial charge in [0.1, 0.15) is 12.9 Å². The molecular weight excluding hydrogens is 399 g/mol. The highest BCUT2D eigenvalue weighted by Crippen LogP contribution is 2.20. The van der Waals surface area contributed by atoms with E-state index in [1.54, 1.807) is 0 Å². The molecule has 0 saturated heterocycles. The summed E-state index contributed by atoms with van der Waals surface area (Å²) >= 11 is 5.36. The lowest BCUT2D eigenvalue weighted by molar-refractivity contribution is -0.116. The van der Waals surface area contributed by atoms with Gasteiger partial charge in [-0.3, -0.25) is 4.79 Å². The number of benzene rings is 1. The number of aromatic nitrogens is 3. The molecule has 0 aliphatic rings. The smallest absolute Gasteiger partial charge is 0.246 e. The lowest BCUT2D eigenvalue weighted by Gasteiger charge is -2.06. The fourth-order valence-corrected chi connectivity index (χ4v) is 2.03. The van der Waals surface area contributed by atoms with E-state index in [1.165, 1.54) is 11.0 Å². The predicted molar refractivity (Wildman–Crippen MR) is 75.5 cm³/mol. The summed E-state index contributed by atoms with van der Waals surface area (Å²) in [5.74, 6) is -0.141. The molecular formula is C10H8BrIN4O. The van der Waals surface area contributed by atoms with Gasteiger partial charge in [0.2, 0.25) is 9.74 Å². The van der Waals surface area contributed by atoms with Crippen LogP contribution in [-0.2, 0) is 11.3 Å². The van der Waals surface area contributed by atoms with Crippen LogP contribution in [0.1, 0.15) is 0 Å². The molecule has 88 valence electrons. The van der Waals surface area contributed by atoms with Gasteiger partial charge in [-0.15, -0.1) is 5.10 Å². The van der Waals surface area contributed by atoms with Crippen molar-refractivity contribution in [2.45, 2.75) is 6.54 Å². The number of anilines is 1. The van der Waals surface area contributed by atoms with Gasteiger partial charge in [-0.1, -0.05) is 12.1 Å². The number of carbonyl (C=O) groups excluding carboxylic acids is 1. The van der Waals surface area contributed by atoms with Crippen LogP contribution in [0.3, 0.4) is 0 Å². The lowest BCUT2D eigenvalue weighted by Crippen LogP contribution is -2.19. The molecule has 0 bridgehead atoms. The highest BCUT2D eigenvalue weighted by atomic mass is 127. The first-order valence-corrected chi connectivity index (χ1v) is 6.61. The van der Waals surface area contributed by atoms with Crippen molar-refractivity contribution in [2.75, 3.05) is 5.32 Å². The highest BCUT2D eigenvalue weighted by Gasteiger charge is 2.06. The monoisotopic (exact) mass is 406 g/mol. The quantitative estimate of drug-likeness (QED) is 0.795. The van der Waals surface area contributed by atoms with E-state index < -0.39 is 0 Å². The van der Waals surface area contributed by atoms with E-state index in [2.05, 4.69) is 31.3 Å². The number of rotatable bonds is 3. The molecule has 0 spiro atoms. The summed E-state index contributed by atoms with van der Waals surface area (Å²) in [4.78, 5) is 15.7. The van der Waals surface area contributed by atoms with E-state index in [0.29, 0.717) is 3.83 Å². The minimum Gasteiger partial charge on any atom is -0.323 e. The second-order valence-corrected chi connectivity index (χ2v) is 5.06. The third kappa shape index (κ3) is 3.50. The molecule has 17 heavy (non-hydrogen) atoms. The molecule has 0 unspecified atom stereocenters. The number of hydrogen-bond donors (Lipinski definition) is 1. The molecule has 0 saturated carbocycles. The van der Waals surface area contributed by atoms with Crippen molar-refractivity contribution >= 4 is 50.1 Å². The van der Waals surface area contributed by atoms with E-state index in [1.807, 2.05) is 46.9 Å². The summed E-state index contributed by atoms with van der Waals surface area (Å²) in [5, 5.41) is 6.83. The molecule has 1 aromatic heterocycles. The first-order valence-electron chi connectivity index (χ1n) is 4.74. The Morgan fingerprint density at radius 1 is 1.47 bits per heavy atom. The van der Waals surface area contributed by atoms with Gasteiger partial charge in [0.25, 0.3) is 0 Å². The molecule has 0 fully saturated rings. The normalized spacial score (nSPS) is 10.2. The number of carbonyl (C=O) groups is 1. The van der Waals surface area contributed by atoms with Crippen LogP contribution in [0.25, 0.3) is 0 Å². The molecule has 2 aromatic rings. The topological polar surface area (TPSA) is 59.8 Å². The molecule has 0 aliphatic heterocycles. The van der Waals surface area contributed by atoms with Gasteiger partial charge in [-0.25, -0.2) is 9.67 Å². The summed E-state index contributed by atoms with van der Waals surface area (Å²) in [6.07, 6.45) is 1.53. The third-order valence-corrected chi connectivity index (χ3v) is 3.15. The van der Waals surface area contributed by atoms with E-state index in [4.69, 9.17) is 0 Å². The largest absolute Gasteiger partial charge is 0.323 e. The number of hydrogen-bond acceptors (Lipinski definition) is 3. The lowest BCUT2D eigenvalue weighted by atomic mass is 10.3. The van der Waals surface area contributed by atoms with Crippen LogP contribution in [-0.4, -0.2) is 20.7 Å². The number of halogens is 2. The third-order valence-electron chi connectivity index (χ3n) is 1.96. The zero-order valence-electron chi connectivity index (χ0n) is 8.60. The fourth-order valence-electron chi connectivity index (χ4n) is 1.25. The van der Waals surface area contributed by atoms with Gasteiger partial charge in [-0.2, -0.15) is 0 Å². The van der Waals surface area contributed by atoms with E-state index in [0.717, 1.165) is 10.2 Å². The second-order valence-electron chi connectivity index (χ2n) is 3.24. The predicted octanol–water partition coefficient (Wildman–Crippen LogP) is 2.28. The first kappa shape index (κ1) is 12.5. The summed E-state index contributed by atoms with van der Waals surface area (Å²) in [5.41, 5.74) is 0.743. The molecule has 7 heteroatoms. The Labute approximate surface area is 120 Å². The second kappa shape index (κ2) is 5.58. The maximum Gasteiger partial charge on any atom is 0.246 e. The molecule has 1 aromatic carbocycles. The molecule has 0 atom stereocenters. The van der Waals surface area contributed by atoms with E-state index in [-0.39, 0.29) is 12.5 Å². The minimum absolute atomic E-state index is 0.141. The average molecular weight is 407 g/mol. The zero-order chi connectivity index (χ0) is 12.3. The van der Waals surface area contributed by atoms with E-state index >= 15 is 0 Å². The van der Waals surface area contributed by atoms with Crippen LogP contribution in [0.5, 0.6) is 0 Å². The molecule has 5 nitrogen and oxygen atoms in total. The Balaban J connectivity index is 2.01. The summed E-state index contributed by atoms with van der Waals surface area (Å²) in [6.45, 7) is 0.150. The molecule has 1 heterocycles. The fraction of sp³-hybridized carbons (Fsp3) is 0.100. The number of amides is 1. The average Bonchev–Trinajstić information content (AvgIpc) is 2.67. The Morgan fingerprint density at radius 3 is 2.88 bits per heavy atom. The maximum absolute atomic E-state index is 11.7. The first-order chi connectivity index (χ1) is 8.15. The van der Waals surface area contributed by atoms with Gasteiger partial charge >= 0.3 is 0 Å². The Hall–Kier alpha value is -0.960. The Bertz CT molecular complexity index is 543. The SMILES string of the molecule is O=C(Cn1cnc(I)n1)Nc1ccccc1Br. The summed E-state index contributed by atoms with van der Waals surface area (Å²) in [7, 11) is 0. The maximum atomic E-state index is 11.7. The van der Waals surface area contributed by atoms with Crippen molar-refractivity contribution in [2.24, 2.45) is 0 Å². The molecule has 2 rings (SSSR count). The molecule has 1 N–H and O–H groups in total. The Kier molecular flexibility index (Phi) is 4.11. The molecule has 0 radical (unpaired) electrons. The van der Waals surface area contributed by atoms with Crippen LogP contribution >= 0.6 is 38.5 Å². The van der Waals surface area contributed by atoms with Crippen molar-refractivity contribution in [1.82, 2.24) is 14.8 Å². The van der Waals surface area contributed by atoms with Crippen molar-refractivity contribution in [3.63, 3.8) is 0 Å². The van der Waals surface area contributed by atoms with Gasteiger partial charge in [0.05, 0.1) is 5.69 Å². The summed E-state index contributed by atoms with van der Waals surface area (Å²) in [6, 6.07) is 7.44. The Morgan fingerprint density at radius 2 is 2.24 bits per heavy atom. The van der Waals surface area contributed by atoms with Crippen LogP contribution in [0.4, 0.5) is 5.69 Å². The van der Waals surface area contributed by atoms with Gasteiger partial charge in [0.15, 0.2) is 0 Å². The zero-order valence-corrected chi connectivity index (χ0v) is 12.3.